The summed E-state index contributed by atoms with van der Waals surface area (Å²) in [6.07, 6.45) is 4.20. The van der Waals surface area contributed by atoms with Crippen molar-refractivity contribution >= 4 is 11.6 Å². The van der Waals surface area contributed by atoms with Crippen molar-refractivity contribution in [1.29, 1.82) is 0 Å². The van der Waals surface area contributed by atoms with Crippen molar-refractivity contribution < 1.29 is 4.79 Å². The lowest BCUT2D eigenvalue weighted by Crippen LogP contribution is -2.25. The van der Waals surface area contributed by atoms with Gasteiger partial charge in [0.2, 0.25) is 0 Å². The van der Waals surface area contributed by atoms with Crippen LogP contribution in [0.3, 0.4) is 0 Å². The SMILES string of the molecule is CCc1cccnc1CNC(=O)c1nn(C)cc1N. The summed E-state index contributed by atoms with van der Waals surface area (Å²) in [7, 11) is 1.72. The second-order valence-corrected chi connectivity index (χ2v) is 4.25. The monoisotopic (exact) mass is 259 g/mol. The van der Waals surface area contributed by atoms with Crippen LogP contribution in [0.1, 0.15) is 28.7 Å². The quantitative estimate of drug-likeness (QED) is 0.853. The van der Waals surface area contributed by atoms with Crippen molar-refractivity contribution in [2.75, 3.05) is 5.73 Å². The molecule has 0 aliphatic heterocycles. The van der Waals surface area contributed by atoms with Crippen LogP contribution in [0.4, 0.5) is 5.69 Å². The molecule has 0 fully saturated rings. The minimum absolute atomic E-state index is 0.247. The summed E-state index contributed by atoms with van der Waals surface area (Å²) in [5, 5.41) is 6.81. The first kappa shape index (κ1) is 13.1. The first-order valence-electron chi connectivity index (χ1n) is 6.12. The molecule has 0 saturated carbocycles. The lowest BCUT2D eigenvalue weighted by Gasteiger charge is -2.07. The Hall–Kier alpha value is -2.37. The molecule has 0 saturated heterocycles. The number of pyridine rings is 1. The Balaban J connectivity index is 2.06. The lowest BCUT2D eigenvalue weighted by molar-refractivity contribution is 0.0945. The van der Waals surface area contributed by atoms with Crippen molar-refractivity contribution in [2.24, 2.45) is 7.05 Å². The number of amides is 1. The molecule has 0 radical (unpaired) electrons. The van der Waals surface area contributed by atoms with Crippen LogP contribution in [0.25, 0.3) is 0 Å². The maximum absolute atomic E-state index is 12.0. The molecule has 19 heavy (non-hydrogen) atoms. The minimum atomic E-state index is -0.286. The van der Waals surface area contributed by atoms with Gasteiger partial charge in [0, 0.05) is 19.4 Å². The number of nitrogens with zero attached hydrogens (tertiary/aromatic N) is 3. The Morgan fingerprint density at radius 2 is 2.32 bits per heavy atom. The minimum Gasteiger partial charge on any atom is -0.396 e. The predicted octanol–water partition coefficient (Wildman–Crippen LogP) is 0.890. The zero-order chi connectivity index (χ0) is 13.8. The molecule has 1 amide bonds. The van der Waals surface area contributed by atoms with Crippen LogP contribution in [0.15, 0.2) is 24.5 Å². The van der Waals surface area contributed by atoms with Crippen LogP contribution in [-0.4, -0.2) is 20.7 Å². The molecule has 6 nitrogen and oxygen atoms in total. The van der Waals surface area contributed by atoms with Crippen LogP contribution >= 0.6 is 0 Å². The molecule has 2 aromatic heterocycles. The number of nitrogen functional groups attached to an aromatic ring is 1. The average Bonchev–Trinajstić information content (AvgIpc) is 2.75. The van der Waals surface area contributed by atoms with E-state index in [4.69, 9.17) is 5.73 Å². The van der Waals surface area contributed by atoms with Crippen LogP contribution < -0.4 is 11.1 Å². The van der Waals surface area contributed by atoms with Gasteiger partial charge in [0.05, 0.1) is 17.9 Å². The molecule has 0 unspecified atom stereocenters. The van der Waals surface area contributed by atoms with Gasteiger partial charge in [0.15, 0.2) is 5.69 Å². The number of carbonyl (C=O) groups is 1. The summed E-state index contributed by atoms with van der Waals surface area (Å²) < 4.78 is 1.52. The first-order chi connectivity index (χ1) is 9.11. The van der Waals surface area contributed by atoms with Gasteiger partial charge in [0.25, 0.3) is 5.91 Å². The predicted molar refractivity (Wildman–Crippen MR) is 72.4 cm³/mol. The fraction of sp³-hybridized carbons (Fsp3) is 0.308. The van der Waals surface area contributed by atoms with Gasteiger partial charge in [0.1, 0.15) is 0 Å². The Labute approximate surface area is 111 Å². The van der Waals surface area contributed by atoms with Crippen molar-refractivity contribution in [3.8, 4) is 0 Å². The van der Waals surface area contributed by atoms with E-state index in [-0.39, 0.29) is 11.6 Å². The number of carbonyl (C=O) groups excluding carboxylic acids is 1. The summed E-state index contributed by atoms with van der Waals surface area (Å²) in [6, 6.07) is 3.89. The van der Waals surface area contributed by atoms with Gasteiger partial charge in [-0.2, -0.15) is 5.10 Å². The fourth-order valence-corrected chi connectivity index (χ4v) is 1.88. The maximum Gasteiger partial charge on any atom is 0.274 e. The number of hydrogen-bond acceptors (Lipinski definition) is 4. The molecule has 0 aliphatic carbocycles. The van der Waals surface area contributed by atoms with E-state index in [1.807, 2.05) is 12.1 Å². The Kier molecular flexibility index (Phi) is 3.79. The molecule has 2 aromatic rings. The molecule has 0 spiro atoms. The Morgan fingerprint density at radius 3 is 2.95 bits per heavy atom. The van der Waals surface area contributed by atoms with Crippen LogP contribution in [-0.2, 0) is 20.0 Å². The third-order valence-electron chi connectivity index (χ3n) is 2.85. The Morgan fingerprint density at radius 1 is 1.53 bits per heavy atom. The summed E-state index contributed by atoms with van der Waals surface area (Å²) in [5.41, 5.74) is 8.32. The van der Waals surface area contributed by atoms with E-state index in [1.54, 1.807) is 19.4 Å². The maximum atomic E-state index is 12.0. The van der Waals surface area contributed by atoms with E-state index < -0.39 is 0 Å². The highest BCUT2D eigenvalue weighted by atomic mass is 16.2. The number of anilines is 1. The van der Waals surface area contributed by atoms with Gasteiger partial charge >= 0.3 is 0 Å². The highest BCUT2D eigenvalue weighted by Gasteiger charge is 2.14. The second kappa shape index (κ2) is 5.51. The van der Waals surface area contributed by atoms with Crippen LogP contribution in [0.2, 0.25) is 0 Å². The van der Waals surface area contributed by atoms with Crippen molar-refractivity contribution in [3.63, 3.8) is 0 Å². The number of hydrogen-bond donors (Lipinski definition) is 2. The normalized spacial score (nSPS) is 10.4. The Bertz CT molecular complexity index is 590. The number of aromatic nitrogens is 3. The van der Waals surface area contributed by atoms with Crippen LogP contribution in [0.5, 0.6) is 0 Å². The smallest absolute Gasteiger partial charge is 0.274 e. The van der Waals surface area contributed by atoms with Crippen molar-refractivity contribution in [1.82, 2.24) is 20.1 Å². The molecule has 2 heterocycles. The average molecular weight is 259 g/mol. The van der Waals surface area contributed by atoms with Gasteiger partial charge < -0.3 is 11.1 Å². The van der Waals surface area contributed by atoms with Crippen molar-refractivity contribution in [3.05, 3.63) is 41.5 Å². The van der Waals surface area contributed by atoms with Crippen molar-refractivity contribution in [2.45, 2.75) is 19.9 Å². The molecular formula is C13H17N5O. The summed E-state index contributed by atoms with van der Waals surface area (Å²) in [5.74, 6) is -0.286. The standard InChI is InChI=1S/C13H17N5O/c1-3-9-5-4-6-15-11(9)7-16-13(19)12-10(14)8-18(2)17-12/h4-6,8H,3,7,14H2,1-2H3,(H,16,19). The summed E-state index contributed by atoms with van der Waals surface area (Å²) in [6.45, 7) is 2.43. The van der Waals surface area contributed by atoms with Gasteiger partial charge in [-0.1, -0.05) is 13.0 Å². The first-order valence-corrected chi connectivity index (χ1v) is 6.12. The number of nitrogens with two attached hydrogens (primary N) is 1. The van der Waals surface area contributed by atoms with E-state index >= 15 is 0 Å². The van der Waals surface area contributed by atoms with E-state index in [2.05, 4.69) is 22.3 Å². The second-order valence-electron chi connectivity index (χ2n) is 4.25. The molecule has 3 N–H and O–H groups in total. The van der Waals surface area contributed by atoms with E-state index in [0.717, 1.165) is 17.7 Å². The number of nitrogens with one attached hydrogen (secondary N) is 1. The lowest BCUT2D eigenvalue weighted by atomic mass is 10.1. The molecule has 0 aliphatic rings. The highest BCUT2D eigenvalue weighted by Crippen LogP contribution is 2.09. The van der Waals surface area contributed by atoms with Gasteiger partial charge in [-0.25, -0.2) is 0 Å². The van der Waals surface area contributed by atoms with E-state index in [1.165, 1.54) is 4.68 Å². The zero-order valence-corrected chi connectivity index (χ0v) is 11.1. The molecule has 0 bridgehead atoms. The summed E-state index contributed by atoms with van der Waals surface area (Å²) in [4.78, 5) is 16.2. The van der Waals surface area contributed by atoms with Crippen LogP contribution in [0, 0.1) is 0 Å². The molecule has 100 valence electrons. The molecule has 2 rings (SSSR count). The fourth-order valence-electron chi connectivity index (χ4n) is 1.88. The molecule has 0 aromatic carbocycles. The zero-order valence-electron chi connectivity index (χ0n) is 11.1. The van der Waals surface area contributed by atoms with Gasteiger partial charge in [-0.3, -0.25) is 14.5 Å². The van der Waals surface area contributed by atoms with E-state index in [0.29, 0.717) is 12.2 Å². The van der Waals surface area contributed by atoms with Gasteiger partial charge in [-0.15, -0.1) is 0 Å². The number of aryl methyl sites for hydroxylation is 2. The molecular weight excluding hydrogens is 242 g/mol. The summed E-state index contributed by atoms with van der Waals surface area (Å²) >= 11 is 0. The third-order valence-corrected chi connectivity index (χ3v) is 2.85. The highest BCUT2D eigenvalue weighted by molar-refractivity contribution is 5.96. The topological polar surface area (TPSA) is 85.8 Å². The van der Waals surface area contributed by atoms with E-state index in [9.17, 15) is 4.79 Å². The van der Waals surface area contributed by atoms with Gasteiger partial charge in [-0.05, 0) is 18.1 Å². The largest absolute Gasteiger partial charge is 0.396 e. The molecule has 0 atom stereocenters. The third kappa shape index (κ3) is 2.90. The molecule has 6 heteroatoms. The number of rotatable bonds is 4.